The number of benzene rings is 2. The van der Waals surface area contributed by atoms with Gasteiger partial charge in [0.15, 0.2) is 6.61 Å². The minimum atomic E-state index is -0.221. The van der Waals surface area contributed by atoms with Crippen molar-refractivity contribution >= 4 is 46.9 Å². The van der Waals surface area contributed by atoms with Gasteiger partial charge in [0.25, 0.3) is 5.91 Å². The number of ether oxygens (including phenoxy) is 1. The van der Waals surface area contributed by atoms with Gasteiger partial charge in [-0.3, -0.25) is 4.79 Å². The van der Waals surface area contributed by atoms with Crippen LogP contribution in [0.25, 0.3) is 0 Å². The van der Waals surface area contributed by atoms with Gasteiger partial charge in [0.2, 0.25) is 0 Å². The summed E-state index contributed by atoms with van der Waals surface area (Å²) in [4.78, 5) is 13.0. The van der Waals surface area contributed by atoms with E-state index in [4.69, 9.17) is 10.00 Å². The van der Waals surface area contributed by atoms with Crippen molar-refractivity contribution < 1.29 is 9.53 Å². The molecule has 2 aromatic carbocycles. The number of hydrogen-bond acceptors (Lipinski definition) is 6. The van der Waals surface area contributed by atoms with E-state index in [0.717, 1.165) is 4.90 Å². The highest BCUT2D eigenvalue weighted by molar-refractivity contribution is 8.19. The molecule has 4 nitrogen and oxygen atoms in total. The topological polar surface area (TPSA) is 62.1 Å². The van der Waals surface area contributed by atoms with Gasteiger partial charge in [-0.15, -0.1) is 35.3 Å². The number of nitriles is 1. The summed E-state index contributed by atoms with van der Waals surface area (Å²) in [5.74, 6) is 3.20. The van der Waals surface area contributed by atoms with Crippen LogP contribution in [-0.2, 0) is 4.79 Å². The average molecular weight is 403 g/mol. The number of anilines is 1. The third-order valence-electron chi connectivity index (χ3n) is 3.60. The second kappa shape index (κ2) is 9.81. The summed E-state index contributed by atoms with van der Waals surface area (Å²) in [6.45, 7) is -0.0521. The summed E-state index contributed by atoms with van der Waals surface area (Å²) in [6.07, 6.45) is 0. The van der Waals surface area contributed by atoms with Gasteiger partial charge in [-0.2, -0.15) is 5.26 Å². The third-order valence-corrected chi connectivity index (χ3v) is 7.64. The quantitative estimate of drug-likeness (QED) is 0.671. The molecule has 1 fully saturated rings. The van der Waals surface area contributed by atoms with Crippen LogP contribution in [0.5, 0.6) is 5.75 Å². The minimum absolute atomic E-state index is 0.0521. The number of carbonyl (C=O) groups is 1. The number of thioether (sulfide) groups is 3. The third kappa shape index (κ3) is 5.37. The molecular weight excluding hydrogens is 384 g/mol. The Hall–Kier alpha value is -1.75. The summed E-state index contributed by atoms with van der Waals surface area (Å²) in [5.41, 5.74) is 1.99. The number of amides is 1. The molecule has 2 aromatic rings. The molecule has 0 aromatic heterocycles. The zero-order valence-electron chi connectivity index (χ0n) is 14.0. The number of hydrogen-bond donors (Lipinski definition) is 1. The summed E-state index contributed by atoms with van der Waals surface area (Å²) in [6, 6.07) is 17.5. The molecule has 0 unspecified atom stereocenters. The van der Waals surface area contributed by atoms with Crippen molar-refractivity contribution in [2.75, 3.05) is 29.2 Å². The summed E-state index contributed by atoms with van der Waals surface area (Å²) < 4.78 is 6.10. The maximum atomic E-state index is 12.2. The van der Waals surface area contributed by atoms with E-state index >= 15 is 0 Å². The van der Waals surface area contributed by atoms with Gasteiger partial charge in [0.1, 0.15) is 5.75 Å². The zero-order valence-corrected chi connectivity index (χ0v) is 16.5. The molecule has 1 N–H and O–H groups in total. The van der Waals surface area contributed by atoms with Crippen LogP contribution in [0.4, 0.5) is 5.69 Å². The van der Waals surface area contributed by atoms with Crippen LogP contribution in [0.3, 0.4) is 0 Å². The Morgan fingerprint density at radius 3 is 2.65 bits per heavy atom. The van der Waals surface area contributed by atoms with Crippen molar-refractivity contribution in [3.05, 3.63) is 54.1 Å². The predicted octanol–water partition coefficient (Wildman–Crippen LogP) is 4.80. The molecule has 1 saturated heterocycles. The van der Waals surface area contributed by atoms with Crippen molar-refractivity contribution in [2.45, 2.75) is 9.48 Å². The van der Waals surface area contributed by atoms with Crippen molar-refractivity contribution in [3.63, 3.8) is 0 Å². The van der Waals surface area contributed by atoms with Gasteiger partial charge in [-0.1, -0.05) is 24.3 Å². The lowest BCUT2D eigenvalue weighted by Gasteiger charge is -2.12. The first-order chi connectivity index (χ1) is 12.8. The first-order valence-electron chi connectivity index (χ1n) is 8.11. The molecule has 0 saturated carbocycles. The monoisotopic (exact) mass is 402 g/mol. The van der Waals surface area contributed by atoms with Gasteiger partial charge in [0.05, 0.1) is 22.1 Å². The zero-order chi connectivity index (χ0) is 18.2. The average Bonchev–Trinajstić information content (AvgIpc) is 3.21. The lowest BCUT2D eigenvalue weighted by atomic mass is 10.2. The molecule has 0 spiro atoms. The number of rotatable bonds is 7. The van der Waals surface area contributed by atoms with Crippen LogP contribution in [0, 0.1) is 11.3 Å². The van der Waals surface area contributed by atoms with Crippen molar-refractivity contribution in [1.82, 2.24) is 0 Å². The molecule has 3 rings (SSSR count). The molecule has 1 amide bonds. The summed E-state index contributed by atoms with van der Waals surface area (Å²) in [5, 5.41) is 11.6. The van der Waals surface area contributed by atoms with Gasteiger partial charge in [0, 0.05) is 16.4 Å². The largest absolute Gasteiger partial charge is 0.484 e. The van der Waals surface area contributed by atoms with Crippen LogP contribution >= 0.6 is 35.3 Å². The van der Waals surface area contributed by atoms with Gasteiger partial charge in [-0.05, 0) is 29.8 Å². The Bertz CT molecular complexity index is 784. The molecule has 0 bridgehead atoms. The first kappa shape index (κ1) is 19.0. The molecule has 134 valence electrons. The molecule has 0 atom stereocenters. The standard InChI is InChI=1S/C19H18N2O2S3/c20-9-10-24-17-4-2-1-3-16(17)21-18(22)13-23-15-7-5-14(6-8-15)19-25-11-12-26-19/h1-8,19H,10-13H2,(H,21,22). The van der Waals surface area contributed by atoms with E-state index in [9.17, 15) is 4.79 Å². The fourth-order valence-electron chi connectivity index (χ4n) is 2.41. The maximum absolute atomic E-state index is 12.2. The first-order valence-corrected chi connectivity index (χ1v) is 11.2. The van der Waals surface area contributed by atoms with E-state index in [-0.39, 0.29) is 12.5 Å². The Morgan fingerprint density at radius 1 is 1.19 bits per heavy atom. The highest BCUT2D eigenvalue weighted by atomic mass is 32.2. The molecule has 0 aliphatic carbocycles. The molecule has 0 radical (unpaired) electrons. The number of nitrogens with one attached hydrogen (secondary N) is 1. The molecule has 1 aliphatic heterocycles. The Balaban J connectivity index is 1.52. The highest BCUT2D eigenvalue weighted by Crippen LogP contribution is 2.45. The van der Waals surface area contributed by atoms with E-state index in [1.165, 1.54) is 28.8 Å². The Morgan fingerprint density at radius 2 is 1.92 bits per heavy atom. The normalized spacial score (nSPS) is 14.0. The second-order valence-corrected chi connectivity index (χ2v) is 9.16. The van der Waals surface area contributed by atoms with Crippen molar-refractivity contribution in [3.8, 4) is 11.8 Å². The van der Waals surface area contributed by atoms with E-state index in [1.807, 2.05) is 59.9 Å². The van der Waals surface area contributed by atoms with E-state index < -0.39 is 0 Å². The van der Waals surface area contributed by atoms with Crippen molar-refractivity contribution in [2.24, 2.45) is 0 Å². The van der Waals surface area contributed by atoms with Crippen LogP contribution in [0.2, 0.25) is 0 Å². The summed E-state index contributed by atoms with van der Waals surface area (Å²) in [7, 11) is 0. The predicted molar refractivity (Wildman–Crippen MR) is 111 cm³/mol. The second-order valence-electron chi connectivity index (χ2n) is 5.42. The maximum Gasteiger partial charge on any atom is 0.262 e. The minimum Gasteiger partial charge on any atom is -0.484 e. The Labute approximate surface area is 166 Å². The van der Waals surface area contributed by atoms with E-state index in [2.05, 4.69) is 23.5 Å². The molecule has 1 heterocycles. The SMILES string of the molecule is N#CCSc1ccccc1NC(=O)COc1ccc(C2SCCS2)cc1. The lowest BCUT2D eigenvalue weighted by Crippen LogP contribution is -2.20. The lowest BCUT2D eigenvalue weighted by molar-refractivity contribution is -0.118. The van der Waals surface area contributed by atoms with E-state index in [1.54, 1.807) is 0 Å². The highest BCUT2D eigenvalue weighted by Gasteiger charge is 2.18. The number of para-hydroxylation sites is 1. The van der Waals surface area contributed by atoms with Crippen LogP contribution in [0.15, 0.2) is 53.4 Å². The van der Waals surface area contributed by atoms with E-state index in [0.29, 0.717) is 21.8 Å². The molecule has 26 heavy (non-hydrogen) atoms. The van der Waals surface area contributed by atoms with Crippen LogP contribution in [-0.4, -0.2) is 29.8 Å². The summed E-state index contributed by atoms with van der Waals surface area (Å²) >= 11 is 5.32. The van der Waals surface area contributed by atoms with Crippen LogP contribution < -0.4 is 10.1 Å². The number of carbonyl (C=O) groups excluding carboxylic acids is 1. The van der Waals surface area contributed by atoms with Gasteiger partial charge in [-0.25, -0.2) is 0 Å². The number of nitrogens with zero attached hydrogens (tertiary/aromatic N) is 1. The smallest absolute Gasteiger partial charge is 0.262 e. The Kier molecular flexibility index (Phi) is 7.18. The van der Waals surface area contributed by atoms with Crippen molar-refractivity contribution in [1.29, 1.82) is 5.26 Å². The molecule has 7 heteroatoms. The molecular formula is C19H18N2O2S3. The van der Waals surface area contributed by atoms with Gasteiger partial charge >= 0.3 is 0 Å². The fourth-order valence-corrected chi connectivity index (χ4v) is 5.94. The molecule has 1 aliphatic rings. The fraction of sp³-hybridized carbons (Fsp3) is 0.263. The van der Waals surface area contributed by atoms with Gasteiger partial charge < -0.3 is 10.1 Å². The van der Waals surface area contributed by atoms with Crippen LogP contribution in [0.1, 0.15) is 10.1 Å².